The summed E-state index contributed by atoms with van der Waals surface area (Å²) in [6.07, 6.45) is -1.30. The Morgan fingerprint density at radius 1 is 1.27 bits per heavy atom. The molecule has 1 aliphatic carbocycles. The summed E-state index contributed by atoms with van der Waals surface area (Å²) >= 11 is 0. The van der Waals surface area contributed by atoms with Gasteiger partial charge in [-0.3, -0.25) is 0 Å². The zero-order valence-electron chi connectivity index (χ0n) is 8.66. The average molecular weight is 211 g/mol. The topological polar surface area (TPSA) is 12.0 Å². The maximum atomic E-state index is 12.3. The highest BCUT2D eigenvalue weighted by atomic mass is 19.3. The van der Waals surface area contributed by atoms with E-state index in [0.717, 1.165) is 6.42 Å². The lowest BCUT2D eigenvalue weighted by molar-refractivity contribution is 0.105. The Hall–Kier alpha value is -0.960. The average Bonchev–Trinajstić information content (AvgIpc) is 2.98. The molecule has 2 rings (SSSR count). The Labute approximate surface area is 88.5 Å². The van der Waals surface area contributed by atoms with Gasteiger partial charge in [-0.25, -0.2) is 8.78 Å². The molecule has 0 radical (unpaired) electrons. The lowest BCUT2D eigenvalue weighted by Gasteiger charge is -2.12. The molecule has 0 aliphatic heterocycles. The summed E-state index contributed by atoms with van der Waals surface area (Å²) in [6, 6.07) is 9.58. The van der Waals surface area contributed by atoms with E-state index in [9.17, 15) is 8.78 Å². The van der Waals surface area contributed by atoms with Gasteiger partial charge in [0, 0.05) is 12.0 Å². The molecule has 3 atom stereocenters. The maximum Gasteiger partial charge on any atom is 0.253 e. The van der Waals surface area contributed by atoms with Gasteiger partial charge in [0.15, 0.2) is 0 Å². The van der Waals surface area contributed by atoms with Crippen molar-refractivity contribution in [2.45, 2.75) is 37.8 Å². The van der Waals surface area contributed by atoms with Crippen LogP contribution in [-0.4, -0.2) is 18.5 Å². The molecule has 1 aliphatic rings. The fraction of sp³-hybridized carbons (Fsp3) is 0.500. The largest absolute Gasteiger partial charge is 0.306 e. The Bertz CT molecular complexity index is 313. The molecular weight excluding hydrogens is 196 g/mol. The number of benzene rings is 1. The van der Waals surface area contributed by atoms with E-state index < -0.39 is 12.5 Å². The fourth-order valence-electron chi connectivity index (χ4n) is 1.86. The molecule has 3 unspecified atom stereocenters. The quantitative estimate of drug-likeness (QED) is 0.807. The zero-order chi connectivity index (χ0) is 10.8. The van der Waals surface area contributed by atoms with Crippen LogP contribution in [0.25, 0.3) is 0 Å². The predicted molar refractivity (Wildman–Crippen MR) is 56.2 cm³/mol. The molecule has 1 nitrogen and oxygen atoms in total. The first kappa shape index (κ1) is 10.6. The molecule has 0 saturated heterocycles. The Kier molecular flexibility index (Phi) is 3.00. The van der Waals surface area contributed by atoms with E-state index >= 15 is 0 Å². The van der Waals surface area contributed by atoms with Crippen molar-refractivity contribution in [1.82, 2.24) is 5.32 Å². The van der Waals surface area contributed by atoms with E-state index in [1.165, 1.54) is 12.5 Å². The zero-order valence-corrected chi connectivity index (χ0v) is 8.66. The summed E-state index contributed by atoms with van der Waals surface area (Å²) in [4.78, 5) is 0. The van der Waals surface area contributed by atoms with Gasteiger partial charge < -0.3 is 5.32 Å². The number of halogens is 2. The van der Waals surface area contributed by atoms with Gasteiger partial charge in [-0.1, -0.05) is 30.3 Å². The Morgan fingerprint density at radius 3 is 2.53 bits per heavy atom. The van der Waals surface area contributed by atoms with Gasteiger partial charge in [0.05, 0.1) is 6.04 Å². The van der Waals surface area contributed by atoms with Gasteiger partial charge in [0.25, 0.3) is 6.43 Å². The third kappa shape index (κ3) is 2.53. The molecule has 0 aromatic heterocycles. The maximum absolute atomic E-state index is 12.3. The van der Waals surface area contributed by atoms with Gasteiger partial charge in [-0.2, -0.15) is 0 Å². The van der Waals surface area contributed by atoms with Gasteiger partial charge in [0.2, 0.25) is 0 Å². The van der Waals surface area contributed by atoms with Crippen LogP contribution in [0.2, 0.25) is 0 Å². The fourth-order valence-corrected chi connectivity index (χ4v) is 1.86. The van der Waals surface area contributed by atoms with Crippen LogP contribution in [0.5, 0.6) is 0 Å². The van der Waals surface area contributed by atoms with Crippen LogP contribution >= 0.6 is 0 Å². The van der Waals surface area contributed by atoms with Crippen LogP contribution in [0.1, 0.15) is 24.8 Å². The van der Waals surface area contributed by atoms with Crippen LogP contribution in [0, 0.1) is 0 Å². The van der Waals surface area contributed by atoms with Crippen LogP contribution < -0.4 is 5.32 Å². The molecule has 1 aromatic carbocycles. The van der Waals surface area contributed by atoms with E-state index in [2.05, 4.69) is 17.4 Å². The van der Waals surface area contributed by atoms with E-state index in [0.29, 0.717) is 5.92 Å². The summed E-state index contributed by atoms with van der Waals surface area (Å²) in [5.74, 6) is 0.424. The van der Waals surface area contributed by atoms with Crippen molar-refractivity contribution in [1.29, 1.82) is 0 Å². The monoisotopic (exact) mass is 211 g/mol. The molecule has 15 heavy (non-hydrogen) atoms. The third-order valence-corrected chi connectivity index (χ3v) is 2.87. The van der Waals surface area contributed by atoms with Crippen LogP contribution in [0.4, 0.5) is 8.78 Å². The molecule has 0 heterocycles. The molecule has 1 aromatic rings. The number of nitrogens with one attached hydrogen (secondary N) is 1. The van der Waals surface area contributed by atoms with Gasteiger partial charge in [0.1, 0.15) is 0 Å². The summed E-state index contributed by atoms with van der Waals surface area (Å²) in [6.45, 7) is 1.53. The number of hydrogen-bond acceptors (Lipinski definition) is 1. The molecule has 0 spiro atoms. The minimum atomic E-state index is -2.28. The van der Waals surface area contributed by atoms with Crippen LogP contribution in [0.3, 0.4) is 0 Å². The lowest BCUT2D eigenvalue weighted by Crippen LogP contribution is -2.34. The first-order chi connectivity index (χ1) is 7.18. The van der Waals surface area contributed by atoms with E-state index in [1.807, 2.05) is 18.2 Å². The summed E-state index contributed by atoms with van der Waals surface area (Å²) in [7, 11) is 0. The number of hydrogen-bond donors (Lipinski definition) is 1. The molecule has 1 fully saturated rings. The second kappa shape index (κ2) is 4.27. The summed E-state index contributed by atoms with van der Waals surface area (Å²) in [5, 5.41) is 2.95. The highest BCUT2D eigenvalue weighted by Gasteiger charge is 2.39. The predicted octanol–water partition coefficient (Wildman–Crippen LogP) is 2.79. The highest BCUT2D eigenvalue weighted by Crippen LogP contribution is 2.40. The van der Waals surface area contributed by atoms with Crippen molar-refractivity contribution in [2.24, 2.45) is 0 Å². The number of alkyl halides is 2. The minimum absolute atomic E-state index is 0.233. The van der Waals surface area contributed by atoms with Crippen molar-refractivity contribution in [3.05, 3.63) is 35.9 Å². The van der Waals surface area contributed by atoms with Gasteiger partial charge in [-0.15, -0.1) is 0 Å². The Balaban J connectivity index is 1.87. The van der Waals surface area contributed by atoms with E-state index in [4.69, 9.17) is 0 Å². The number of rotatable bonds is 4. The first-order valence-corrected chi connectivity index (χ1v) is 5.27. The summed E-state index contributed by atoms with van der Waals surface area (Å²) < 4.78 is 24.6. The van der Waals surface area contributed by atoms with E-state index in [1.54, 1.807) is 0 Å². The Morgan fingerprint density at radius 2 is 1.93 bits per heavy atom. The smallest absolute Gasteiger partial charge is 0.253 e. The second-order valence-corrected chi connectivity index (χ2v) is 4.15. The summed E-state index contributed by atoms with van der Waals surface area (Å²) in [5.41, 5.74) is 1.25. The van der Waals surface area contributed by atoms with Gasteiger partial charge >= 0.3 is 0 Å². The molecule has 82 valence electrons. The van der Waals surface area contributed by atoms with Crippen molar-refractivity contribution >= 4 is 0 Å². The minimum Gasteiger partial charge on any atom is -0.306 e. The molecule has 0 amide bonds. The SMILES string of the molecule is CC(NC1CC1c1ccccc1)C(F)F. The van der Waals surface area contributed by atoms with Crippen molar-refractivity contribution in [3.63, 3.8) is 0 Å². The molecule has 1 N–H and O–H groups in total. The molecule has 0 bridgehead atoms. The highest BCUT2D eigenvalue weighted by molar-refractivity contribution is 5.27. The van der Waals surface area contributed by atoms with Crippen molar-refractivity contribution < 1.29 is 8.78 Å². The van der Waals surface area contributed by atoms with Crippen LogP contribution in [-0.2, 0) is 0 Å². The second-order valence-electron chi connectivity index (χ2n) is 4.15. The first-order valence-electron chi connectivity index (χ1n) is 5.27. The third-order valence-electron chi connectivity index (χ3n) is 2.87. The van der Waals surface area contributed by atoms with Gasteiger partial charge in [-0.05, 0) is 18.9 Å². The molecule has 3 heteroatoms. The molecule has 1 saturated carbocycles. The molecular formula is C12H15F2N. The normalized spacial score (nSPS) is 26.7. The van der Waals surface area contributed by atoms with E-state index in [-0.39, 0.29) is 6.04 Å². The standard InChI is InChI=1S/C12H15F2N/c1-8(12(13)14)15-11-7-10(11)9-5-3-2-4-6-9/h2-6,8,10-12,15H,7H2,1H3. The van der Waals surface area contributed by atoms with Crippen molar-refractivity contribution in [2.75, 3.05) is 0 Å². The lowest BCUT2D eigenvalue weighted by atomic mass is 10.1. The van der Waals surface area contributed by atoms with Crippen LogP contribution in [0.15, 0.2) is 30.3 Å². The van der Waals surface area contributed by atoms with Crippen molar-refractivity contribution in [3.8, 4) is 0 Å².